The van der Waals surface area contributed by atoms with Crippen molar-refractivity contribution in [3.63, 3.8) is 0 Å². The van der Waals surface area contributed by atoms with Crippen LogP contribution in [-0.4, -0.2) is 14.6 Å². The fraction of sp³-hybridized carbons (Fsp3) is 0.250. The van der Waals surface area contributed by atoms with Gasteiger partial charge in [0.2, 0.25) is 0 Å². The van der Waals surface area contributed by atoms with Gasteiger partial charge in [-0.2, -0.15) is 0 Å². The summed E-state index contributed by atoms with van der Waals surface area (Å²) in [6.45, 7) is 0. The Morgan fingerprint density at radius 2 is 1.95 bits per heavy atom. The first-order valence-corrected chi connectivity index (χ1v) is 7.16. The molecule has 0 atom stereocenters. The quantitative estimate of drug-likeness (QED) is 0.808. The summed E-state index contributed by atoms with van der Waals surface area (Å²) in [5, 5.41) is 3.03. The molecule has 0 unspecified atom stereocenters. The van der Waals surface area contributed by atoms with E-state index in [1.165, 1.54) is 28.8 Å². The van der Waals surface area contributed by atoms with Gasteiger partial charge in [0.15, 0.2) is 5.65 Å². The average molecular weight is 301 g/mol. The van der Waals surface area contributed by atoms with Gasteiger partial charge in [-0.1, -0.05) is 6.07 Å². The largest absolute Gasteiger partial charge is 0.293 e. The molecular weight excluding hydrogens is 288 g/mol. The van der Waals surface area contributed by atoms with E-state index in [0.717, 1.165) is 18.5 Å². The Bertz CT molecular complexity index is 905. The van der Waals surface area contributed by atoms with Crippen LogP contribution < -0.4 is 5.56 Å². The predicted octanol–water partition coefficient (Wildman–Crippen LogP) is 2.77. The normalized spacial score (nSPS) is 14.6. The highest BCUT2D eigenvalue weighted by atomic mass is 19.1. The van der Waals surface area contributed by atoms with Gasteiger partial charge in [0, 0.05) is 35.7 Å². The lowest BCUT2D eigenvalue weighted by Crippen LogP contribution is -2.16. The Morgan fingerprint density at radius 3 is 2.64 bits per heavy atom. The van der Waals surface area contributed by atoms with E-state index in [9.17, 15) is 13.6 Å². The number of hydrogen-bond acceptors (Lipinski definition) is 2. The number of aromatic nitrogens is 3. The Balaban J connectivity index is 1.77. The van der Waals surface area contributed by atoms with Gasteiger partial charge in [-0.25, -0.2) is 18.3 Å². The van der Waals surface area contributed by atoms with Crippen LogP contribution in [0, 0.1) is 11.6 Å². The van der Waals surface area contributed by atoms with Crippen molar-refractivity contribution in [1.29, 1.82) is 0 Å². The topological polar surface area (TPSA) is 50.2 Å². The van der Waals surface area contributed by atoms with Crippen LogP contribution in [0.4, 0.5) is 8.78 Å². The number of rotatable bonds is 3. The molecule has 22 heavy (non-hydrogen) atoms. The minimum atomic E-state index is -0.630. The summed E-state index contributed by atoms with van der Waals surface area (Å²) >= 11 is 0. The third-order valence-corrected chi connectivity index (χ3v) is 3.96. The summed E-state index contributed by atoms with van der Waals surface area (Å²) in [6, 6.07) is 6.86. The molecule has 0 spiro atoms. The average Bonchev–Trinajstić information content (AvgIpc) is 3.23. The molecule has 0 aliphatic heterocycles. The Kier molecular flexibility index (Phi) is 2.85. The molecule has 1 aliphatic carbocycles. The fourth-order valence-electron chi connectivity index (χ4n) is 2.64. The lowest BCUT2D eigenvalue weighted by Gasteiger charge is -2.04. The second-order valence-electron chi connectivity index (χ2n) is 5.64. The molecule has 3 aromatic rings. The summed E-state index contributed by atoms with van der Waals surface area (Å²) in [7, 11) is 0. The zero-order valence-electron chi connectivity index (χ0n) is 11.6. The maximum Gasteiger partial charge on any atom is 0.272 e. The molecule has 1 saturated carbocycles. The highest BCUT2D eigenvalue weighted by Gasteiger charge is 2.26. The van der Waals surface area contributed by atoms with Crippen LogP contribution in [0.3, 0.4) is 0 Å². The first kappa shape index (κ1) is 13.2. The first-order chi connectivity index (χ1) is 10.6. The van der Waals surface area contributed by atoms with Gasteiger partial charge in [-0.3, -0.25) is 9.89 Å². The molecule has 1 aromatic carbocycles. The van der Waals surface area contributed by atoms with Crippen LogP contribution in [0.2, 0.25) is 0 Å². The number of nitrogens with zero attached hydrogens (tertiary/aromatic N) is 2. The second-order valence-corrected chi connectivity index (χ2v) is 5.64. The first-order valence-electron chi connectivity index (χ1n) is 7.16. The second kappa shape index (κ2) is 4.76. The van der Waals surface area contributed by atoms with Crippen LogP contribution in [0.1, 0.15) is 35.7 Å². The lowest BCUT2D eigenvalue weighted by atomic mass is 10.1. The van der Waals surface area contributed by atoms with E-state index in [1.54, 1.807) is 0 Å². The summed E-state index contributed by atoms with van der Waals surface area (Å²) in [4.78, 5) is 16.5. The number of aromatic amines is 1. The van der Waals surface area contributed by atoms with Gasteiger partial charge in [-0.15, -0.1) is 0 Å². The van der Waals surface area contributed by atoms with Gasteiger partial charge in [0.05, 0.1) is 5.69 Å². The van der Waals surface area contributed by atoms with Crippen molar-refractivity contribution in [2.24, 2.45) is 0 Å². The number of nitrogens with one attached hydrogen (secondary N) is 1. The van der Waals surface area contributed by atoms with E-state index in [4.69, 9.17) is 0 Å². The SMILES string of the molecule is O=c1cc(Cc2c(F)cccc2F)nc2cc(C3CC3)[nH]n12. The van der Waals surface area contributed by atoms with Crippen LogP contribution in [0.15, 0.2) is 35.1 Å². The molecule has 0 saturated heterocycles. The molecule has 0 amide bonds. The number of H-pyrrole nitrogens is 1. The van der Waals surface area contributed by atoms with Crippen molar-refractivity contribution in [2.45, 2.75) is 25.2 Å². The molecule has 6 heteroatoms. The third kappa shape index (κ3) is 2.20. The molecule has 0 radical (unpaired) electrons. The summed E-state index contributed by atoms with van der Waals surface area (Å²) in [5.41, 5.74) is 1.48. The van der Waals surface area contributed by atoms with Crippen LogP contribution in [-0.2, 0) is 6.42 Å². The van der Waals surface area contributed by atoms with Crippen molar-refractivity contribution in [3.8, 4) is 0 Å². The molecule has 2 heterocycles. The van der Waals surface area contributed by atoms with Crippen LogP contribution in [0.5, 0.6) is 0 Å². The minimum absolute atomic E-state index is 0.0474. The van der Waals surface area contributed by atoms with E-state index in [2.05, 4.69) is 10.1 Å². The van der Waals surface area contributed by atoms with Gasteiger partial charge >= 0.3 is 0 Å². The molecule has 0 bridgehead atoms. The van der Waals surface area contributed by atoms with Crippen molar-refractivity contribution in [2.75, 3.05) is 0 Å². The molecule has 1 fully saturated rings. The number of benzene rings is 1. The van der Waals surface area contributed by atoms with Crippen molar-refractivity contribution in [3.05, 3.63) is 69.3 Å². The summed E-state index contributed by atoms with van der Waals surface area (Å²) in [5.74, 6) is -0.793. The van der Waals surface area contributed by atoms with E-state index >= 15 is 0 Å². The minimum Gasteiger partial charge on any atom is -0.293 e. The van der Waals surface area contributed by atoms with Gasteiger partial charge < -0.3 is 0 Å². The zero-order valence-corrected chi connectivity index (χ0v) is 11.6. The van der Waals surface area contributed by atoms with Gasteiger partial charge in [-0.05, 0) is 25.0 Å². The van der Waals surface area contributed by atoms with E-state index in [1.807, 2.05) is 6.07 Å². The molecule has 112 valence electrons. The number of halogens is 2. The standard InChI is InChI=1S/C16H13F2N3O/c17-12-2-1-3-13(18)11(12)6-10-7-16(22)21-15(19-10)8-14(20-21)9-4-5-9/h1-3,7-9,20H,4-6H2. The molecule has 2 aromatic heterocycles. The molecule has 4 rings (SSSR count). The monoisotopic (exact) mass is 301 g/mol. The third-order valence-electron chi connectivity index (χ3n) is 3.96. The fourth-order valence-corrected chi connectivity index (χ4v) is 2.64. The van der Waals surface area contributed by atoms with Gasteiger partial charge in [0.25, 0.3) is 5.56 Å². The zero-order chi connectivity index (χ0) is 15.3. The number of fused-ring (bicyclic) bond motifs is 1. The van der Waals surface area contributed by atoms with Crippen molar-refractivity contribution >= 4 is 5.65 Å². The van der Waals surface area contributed by atoms with E-state index in [-0.39, 0.29) is 17.5 Å². The lowest BCUT2D eigenvalue weighted by molar-refractivity contribution is 0.560. The molecule has 1 N–H and O–H groups in total. The number of hydrogen-bond donors (Lipinski definition) is 1. The highest BCUT2D eigenvalue weighted by Crippen LogP contribution is 2.39. The van der Waals surface area contributed by atoms with Crippen LogP contribution >= 0.6 is 0 Å². The van der Waals surface area contributed by atoms with E-state index < -0.39 is 11.6 Å². The molecule has 4 nitrogen and oxygen atoms in total. The maximum atomic E-state index is 13.7. The smallest absolute Gasteiger partial charge is 0.272 e. The predicted molar refractivity (Wildman–Crippen MR) is 77.0 cm³/mol. The summed E-state index contributed by atoms with van der Waals surface area (Å²) in [6.07, 6.45) is 2.16. The summed E-state index contributed by atoms with van der Waals surface area (Å²) < 4.78 is 28.8. The van der Waals surface area contributed by atoms with Crippen molar-refractivity contribution < 1.29 is 8.78 Å². The maximum absolute atomic E-state index is 13.7. The van der Waals surface area contributed by atoms with E-state index in [0.29, 0.717) is 17.3 Å². The van der Waals surface area contributed by atoms with Crippen molar-refractivity contribution in [1.82, 2.24) is 14.6 Å². The molecule has 1 aliphatic rings. The Hall–Kier alpha value is -2.50. The van der Waals surface area contributed by atoms with Gasteiger partial charge in [0.1, 0.15) is 11.6 Å². The Morgan fingerprint density at radius 1 is 1.23 bits per heavy atom. The molecular formula is C16H13F2N3O. The highest BCUT2D eigenvalue weighted by molar-refractivity contribution is 5.42. The van der Waals surface area contributed by atoms with Crippen LogP contribution in [0.25, 0.3) is 5.65 Å². The Labute approximate surface area is 124 Å².